The van der Waals surface area contributed by atoms with E-state index in [0.717, 1.165) is 44.9 Å². The molecule has 4 nitrogen and oxygen atoms in total. The van der Waals surface area contributed by atoms with Crippen LogP contribution in [-0.4, -0.2) is 42.8 Å². The van der Waals surface area contributed by atoms with Crippen molar-refractivity contribution in [3.63, 3.8) is 0 Å². The van der Waals surface area contributed by atoms with Gasteiger partial charge in [0.1, 0.15) is 6.29 Å². The lowest BCUT2D eigenvalue weighted by atomic mass is 10.0. The van der Waals surface area contributed by atoms with Crippen LogP contribution in [0.25, 0.3) is 0 Å². The van der Waals surface area contributed by atoms with Crippen molar-refractivity contribution >= 4 is 12.2 Å². The Hall–Kier alpha value is -1.68. The standard InChI is InChI=1S/C17H24N2O2/c20-14-16-10-4-5-12-19(16)13-17(21)18-11-6-9-15-7-2-1-3-8-15/h1-3,7-8,14,16H,4-6,9-13H2,(H,18,21). The van der Waals surface area contributed by atoms with Gasteiger partial charge in [-0.1, -0.05) is 36.8 Å². The maximum absolute atomic E-state index is 11.9. The zero-order valence-electron chi connectivity index (χ0n) is 12.5. The Balaban J connectivity index is 1.64. The molecule has 0 spiro atoms. The third kappa shape index (κ3) is 5.31. The lowest BCUT2D eigenvalue weighted by Crippen LogP contribution is -2.46. The quantitative estimate of drug-likeness (QED) is 0.615. The van der Waals surface area contributed by atoms with Crippen molar-refractivity contribution in [3.05, 3.63) is 35.9 Å². The Morgan fingerprint density at radius 1 is 1.29 bits per heavy atom. The Kier molecular flexibility index (Phi) is 6.41. The SMILES string of the molecule is O=CC1CCCCN1CC(=O)NCCCc1ccccc1. The number of piperidine rings is 1. The van der Waals surface area contributed by atoms with Crippen LogP contribution in [0.2, 0.25) is 0 Å². The minimum absolute atomic E-state index is 0.0248. The summed E-state index contributed by atoms with van der Waals surface area (Å²) < 4.78 is 0. The summed E-state index contributed by atoms with van der Waals surface area (Å²) in [6.45, 7) is 1.88. The molecule has 0 aromatic heterocycles. The molecule has 1 aromatic carbocycles. The topological polar surface area (TPSA) is 49.4 Å². The Morgan fingerprint density at radius 2 is 2.10 bits per heavy atom. The predicted molar refractivity (Wildman–Crippen MR) is 83.0 cm³/mol. The first kappa shape index (κ1) is 15.7. The molecule has 114 valence electrons. The molecule has 1 saturated heterocycles. The van der Waals surface area contributed by atoms with E-state index in [1.165, 1.54) is 5.56 Å². The van der Waals surface area contributed by atoms with Crippen molar-refractivity contribution < 1.29 is 9.59 Å². The number of benzene rings is 1. The van der Waals surface area contributed by atoms with Crippen LogP contribution in [0.3, 0.4) is 0 Å². The van der Waals surface area contributed by atoms with Crippen LogP contribution >= 0.6 is 0 Å². The minimum atomic E-state index is -0.0752. The molecule has 1 aliphatic rings. The lowest BCUT2D eigenvalue weighted by Gasteiger charge is -2.31. The average Bonchev–Trinajstić information content (AvgIpc) is 2.53. The third-order valence-electron chi connectivity index (χ3n) is 3.98. The van der Waals surface area contributed by atoms with Gasteiger partial charge >= 0.3 is 0 Å². The van der Waals surface area contributed by atoms with E-state index in [4.69, 9.17) is 0 Å². The van der Waals surface area contributed by atoms with Crippen LogP contribution in [-0.2, 0) is 16.0 Å². The van der Waals surface area contributed by atoms with Gasteiger partial charge in [0.25, 0.3) is 0 Å². The number of carbonyl (C=O) groups excluding carboxylic acids is 2. The monoisotopic (exact) mass is 288 g/mol. The van der Waals surface area contributed by atoms with Gasteiger partial charge in [0.2, 0.25) is 5.91 Å². The zero-order valence-corrected chi connectivity index (χ0v) is 12.5. The molecule has 1 N–H and O–H groups in total. The Morgan fingerprint density at radius 3 is 2.86 bits per heavy atom. The summed E-state index contributed by atoms with van der Waals surface area (Å²) in [5, 5.41) is 2.95. The van der Waals surface area contributed by atoms with Gasteiger partial charge in [-0.25, -0.2) is 0 Å². The normalized spacial score (nSPS) is 19.1. The summed E-state index contributed by atoms with van der Waals surface area (Å²) in [4.78, 5) is 24.9. The van der Waals surface area contributed by atoms with E-state index in [1.54, 1.807) is 0 Å². The molecule has 1 aromatic rings. The van der Waals surface area contributed by atoms with Crippen molar-refractivity contribution in [3.8, 4) is 0 Å². The first-order chi connectivity index (χ1) is 10.3. The van der Waals surface area contributed by atoms with Gasteiger partial charge in [-0.05, 0) is 37.8 Å². The van der Waals surface area contributed by atoms with Gasteiger partial charge in [0, 0.05) is 6.54 Å². The average molecular weight is 288 g/mol. The van der Waals surface area contributed by atoms with E-state index in [2.05, 4.69) is 17.4 Å². The molecule has 0 radical (unpaired) electrons. The molecule has 1 heterocycles. The van der Waals surface area contributed by atoms with Gasteiger partial charge in [-0.15, -0.1) is 0 Å². The predicted octanol–water partition coefficient (Wildman–Crippen LogP) is 1.79. The van der Waals surface area contributed by atoms with Gasteiger partial charge in [-0.3, -0.25) is 9.69 Å². The van der Waals surface area contributed by atoms with Crippen LogP contribution in [0.4, 0.5) is 0 Å². The summed E-state index contributed by atoms with van der Waals surface area (Å²) in [5.74, 6) is 0.0248. The second-order valence-electron chi connectivity index (χ2n) is 5.61. The highest BCUT2D eigenvalue weighted by Crippen LogP contribution is 2.14. The molecule has 2 rings (SSSR count). The number of rotatable bonds is 7. The van der Waals surface area contributed by atoms with E-state index in [9.17, 15) is 9.59 Å². The smallest absolute Gasteiger partial charge is 0.234 e. The van der Waals surface area contributed by atoms with Crippen LogP contribution in [0.15, 0.2) is 30.3 Å². The van der Waals surface area contributed by atoms with Crippen LogP contribution in [0.1, 0.15) is 31.2 Å². The van der Waals surface area contributed by atoms with Crippen molar-refractivity contribution in [2.24, 2.45) is 0 Å². The first-order valence-electron chi connectivity index (χ1n) is 7.79. The second-order valence-corrected chi connectivity index (χ2v) is 5.61. The van der Waals surface area contributed by atoms with E-state index in [1.807, 2.05) is 23.1 Å². The highest BCUT2D eigenvalue weighted by atomic mass is 16.2. The second kappa shape index (κ2) is 8.57. The van der Waals surface area contributed by atoms with Gasteiger partial charge in [0.05, 0.1) is 12.6 Å². The van der Waals surface area contributed by atoms with E-state index in [0.29, 0.717) is 13.1 Å². The third-order valence-corrected chi connectivity index (χ3v) is 3.98. The molecule has 1 atom stereocenters. The largest absolute Gasteiger partial charge is 0.355 e. The first-order valence-corrected chi connectivity index (χ1v) is 7.79. The number of nitrogens with zero attached hydrogens (tertiary/aromatic N) is 1. The molecule has 1 aliphatic heterocycles. The number of aryl methyl sites for hydroxylation is 1. The summed E-state index contributed by atoms with van der Waals surface area (Å²) in [6, 6.07) is 10.2. The zero-order chi connectivity index (χ0) is 14.9. The number of hydrogen-bond donors (Lipinski definition) is 1. The van der Waals surface area contributed by atoms with E-state index >= 15 is 0 Å². The molecule has 0 bridgehead atoms. The van der Waals surface area contributed by atoms with Crippen molar-refractivity contribution in [2.45, 2.75) is 38.1 Å². The maximum atomic E-state index is 11.9. The molecule has 0 aliphatic carbocycles. The number of aldehydes is 1. The molecule has 1 unspecified atom stereocenters. The number of nitrogens with one attached hydrogen (secondary N) is 1. The fourth-order valence-corrected chi connectivity index (χ4v) is 2.77. The summed E-state index contributed by atoms with van der Waals surface area (Å²) >= 11 is 0. The number of hydrogen-bond acceptors (Lipinski definition) is 3. The Labute approximate surface area is 126 Å². The highest BCUT2D eigenvalue weighted by Gasteiger charge is 2.23. The summed E-state index contributed by atoms with van der Waals surface area (Å²) in [5.41, 5.74) is 1.30. The van der Waals surface area contributed by atoms with Crippen molar-refractivity contribution in [2.75, 3.05) is 19.6 Å². The van der Waals surface area contributed by atoms with E-state index in [-0.39, 0.29) is 11.9 Å². The summed E-state index contributed by atoms with van der Waals surface area (Å²) in [6.07, 6.45) is 5.92. The lowest BCUT2D eigenvalue weighted by molar-refractivity contribution is -0.124. The van der Waals surface area contributed by atoms with Crippen LogP contribution in [0.5, 0.6) is 0 Å². The fraction of sp³-hybridized carbons (Fsp3) is 0.529. The van der Waals surface area contributed by atoms with Gasteiger partial charge < -0.3 is 10.1 Å². The van der Waals surface area contributed by atoms with Crippen LogP contribution in [0, 0.1) is 0 Å². The molecule has 4 heteroatoms. The molecular weight excluding hydrogens is 264 g/mol. The van der Waals surface area contributed by atoms with Gasteiger partial charge in [-0.2, -0.15) is 0 Å². The number of carbonyl (C=O) groups is 2. The molecule has 21 heavy (non-hydrogen) atoms. The fourth-order valence-electron chi connectivity index (χ4n) is 2.77. The number of likely N-dealkylation sites (tertiary alicyclic amines) is 1. The summed E-state index contributed by atoms with van der Waals surface area (Å²) in [7, 11) is 0. The van der Waals surface area contributed by atoms with Crippen molar-refractivity contribution in [1.29, 1.82) is 0 Å². The van der Waals surface area contributed by atoms with Crippen LogP contribution < -0.4 is 5.32 Å². The Bertz CT molecular complexity index is 447. The highest BCUT2D eigenvalue weighted by molar-refractivity contribution is 5.78. The van der Waals surface area contributed by atoms with Gasteiger partial charge in [0.15, 0.2) is 0 Å². The number of amides is 1. The molecular formula is C17H24N2O2. The maximum Gasteiger partial charge on any atom is 0.234 e. The van der Waals surface area contributed by atoms with Crippen molar-refractivity contribution in [1.82, 2.24) is 10.2 Å². The molecule has 1 fully saturated rings. The minimum Gasteiger partial charge on any atom is -0.355 e. The molecule has 1 amide bonds. The van der Waals surface area contributed by atoms with E-state index < -0.39 is 0 Å². The molecule has 0 saturated carbocycles.